The Labute approximate surface area is 322 Å². The Morgan fingerprint density at radius 2 is 1.33 bits per heavy atom. The van der Waals surface area contributed by atoms with Gasteiger partial charge < -0.3 is 24.6 Å². The number of hydrogen-bond donors (Lipinski definition) is 2. The number of rotatable bonds is 17. The summed E-state index contributed by atoms with van der Waals surface area (Å²) in [6, 6.07) is 34.5. The first-order valence-corrected chi connectivity index (χ1v) is 20.7. The molecule has 0 radical (unpaired) electrons. The van der Waals surface area contributed by atoms with E-state index in [0.717, 1.165) is 34.0 Å². The fourth-order valence-electron chi connectivity index (χ4n) is 5.61. The summed E-state index contributed by atoms with van der Waals surface area (Å²) >= 11 is 1.02. The van der Waals surface area contributed by atoms with Crippen LogP contribution in [0.15, 0.2) is 115 Å². The molecule has 4 atom stereocenters. The van der Waals surface area contributed by atoms with Gasteiger partial charge in [0.1, 0.15) is 24.0 Å². The molecule has 2 amide bonds. The predicted molar refractivity (Wildman–Crippen MR) is 213 cm³/mol. The molecule has 0 fully saturated rings. The molecule has 4 aromatic rings. The van der Waals surface area contributed by atoms with Crippen molar-refractivity contribution >= 4 is 42.2 Å². The van der Waals surface area contributed by atoms with Crippen LogP contribution in [0.1, 0.15) is 57.1 Å². The first kappa shape index (κ1) is 42.0. The third-order valence-electron chi connectivity index (χ3n) is 8.19. The molecule has 4 rings (SSSR count). The number of nitrogens with one attached hydrogen (secondary N) is 2. The fourth-order valence-corrected chi connectivity index (χ4v) is 8.89. The lowest BCUT2D eigenvalue weighted by atomic mass is 9.97. The molecule has 10 nitrogen and oxygen atoms in total. The van der Waals surface area contributed by atoms with Gasteiger partial charge in [-0.15, -0.1) is 0 Å². The van der Waals surface area contributed by atoms with Crippen LogP contribution in [0.4, 0.5) is 4.79 Å². The van der Waals surface area contributed by atoms with E-state index < -0.39 is 48.7 Å². The van der Waals surface area contributed by atoms with Crippen molar-refractivity contribution in [3.63, 3.8) is 0 Å². The molecule has 0 saturated heterocycles. The van der Waals surface area contributed by atoms with Gasteiger partial charge in [-0.25, -0.2) is 9.59 Å². The number of hydrogen-bond acceptors (Lipinski definition) is 9. The molecule has 0 bridgehead atoms. The topological polar surface area (TPSA) is 137 Å². The molecule has 0 aliphatic carbocycles. The Balaban J connectivity index is 1.68. The Bertz CT molecular complexity index is 1870. The Morgan fingerprint density at radius 1 is 0.759 bits per heavy atom. The molecule has 0 saturated carbocycles. The Hall–Kier alpha value is -4.70. The van der Waals surface area contributed by atoms with Gasteiger partial charge in [0, 0.05) is 18.8 Å². The maximum atomic E-state index is 15.4. The van der Waals surface area contributed by atoms with Crippen LogP contribution < -0.4 is 10.6 Å². The average molecular weight is 773 g/mol. The molecular formula is C42H49N2O8PS. The van der Waals surface area contributed by atoms with E-state index in [4.69, 9.17) is 14.0 Å². The van der Waals surface area contributed by atoms with E-state index in [-0.39, 0.29) is 36.7 Å². The molecular weight excluding hydrogens is 724 g/mol. The monoisotopic (exact) mass is 772 g/mol. The van der Waals surface area contributed by atoms with Crippen LogP contribution in [-0.4, -0.2) is 53.2 Å². The van der Waals surface area contributed by atoms with E-state index in [9.17, 15) is 19.2 Å². The van der Waals surface area contributed by atoms with Gasteiger partial charge in [0.2, 0.25) is 13.3 Å². The van der Waals surface area contributed by atoms with E-state index in [1.165, 1.54) is 13.8 Å². The SMILES string of the molecule is CC(=O)SCCOP(=O)(C[C@@H](Cc1ccc(-c2ccccc2)cc1)C(=O)N[C@@H](C)C(=O)OCc1ccccc1)[C@@H](NC(=O)OC(C)(C)C)c1ccccc1. The molecule has 54 heavy (non-hydrogen) atoms. The zero-order valence-corrected chi connectivity index (χ0v) is 33.1. The number of ether oxygens (including phenoxy) is 2. The minimum atomic E-state index is -4.07. The summed E-state index contributed by atoms with van der Waals surface area (Å²) in [6.07, 6.45) is -0.994. The number of amides is 2. The van der Waals surface area contributed by atoms with E-state index in [0.29, 0.717) is 5.56 Å². The van der Waals surface area contributed by atoms with Gasteiger partial charge in [-0.3, -0.25) is 14.2 Å². The predicted octanol–water partition coefficient (Wildman–Crippen LogP) is 8.56. The third-order valence-corrected chi connectivity index (χ3v) is 11.7. The van der Waals surface area contributed by atoms with Gasteiger partial charge in [-0.1, -0.05) is 127 Å². The second-order valence-electron chi connectivity index (χ2n) is 13.8. The smallest absolute Gasteiger partial charge is 0.408 e. The maximum absolute atomic E-state index is 15.4. The van der Waals surface area contributed by atoms with Crippen LogP contribution in [-0.2, 0) is 46.0 Å². The molecule has 1 unspecified atom stereocenters. The molecule has 0 aromatic heterocycles. The van der Waals surface area contributed by atoms with Crippen LogP contribution >= 0.6 is 19.1 Å². The standard InChI is InChI=1S/C42H49N2O8PS/c1-30(40(47)50-28-33-15-9-6-10-16-33)43-38(46)37(27-32-21-23-35(24-22-32)34-17-11-7-12-18-34)29-53(49,51-25-26-54-31(2)45)39(36-19-13-8-14-20-36)44-41(48)52-42(3,4)5/h6-24,30,37,39H,25-29H2,1-5H3,(H,43,46)(H,44,48)/t30-,37+,39+,53?/m0/s1. The number of carbonyl (C=O) groups excluding carboxylic acids is 4. The Kier molecular flexibility index (Phi) is 15.7. The average Bonchev–Trinajstić information content (AvgIpc) is 3.15. The summed E-state index contributed by atoms with van der Waals surface area (Å²) in [5.41, 5.74) is 3.22. The highest BCUT2D eigenvalue weighted by Crippen LogP contribution is 2.60. The van der Waals surface area contributed by atoms with Crippen molar-refractivity contribution in [1.29, 1.82) is 0 Å². The summed E-state index contributed by atoms with van der Waals surface area (Å²) in [7, 11) is -4.07. The zero-order chi connectivity index (χ0) is 39.1. The van der Waals surface area contributed by atoms with E-state index in [2.05, 4.69) is 10.6 Å². The zero-order valence-electron chi connectivity index (χ0n) is 31.4. The summed E-state index contributed by atoms with van der Waals surface area (Å²) < 4.78 is 32.7. The van der Waals surface area contributed by atoms with Crippen molar-refractivity contribution in [1.82, 2.24) is 10.6 Å². The van der Waals surface area contributed by atoms with Gasteiger partial charge in [-0.2, -0.15) is 0 Å². The van der Waals surface area contributed by atoms with Crippen LogP contribution in [0, 0.1) is 5.92 Å². The van der Waals surface area contributed by atoms with Crippen LogP contribution in [0.25, 0.3) is 11.1 Å². The minimum absolute atomic E-state index is 0.0352. The molecule has 0 aliphatic rings. The van der Waals surface area contributed by atoms with Crippen molar-refractivity contribution < 1.29 is 37.7 Å². The molecule has 0 spiro atoms. The van der Waals surface area contributed by atoms with E-state index in [1.807, 2.05) is 84.9 Å². The van der Waals surface area contributed by atoms with Gasteiger partial charge in [0.25, 0.3) is 0 Å². The first-order chi connectivity index (χ1) is 25.7. The van der Waals surface area contributed by atoms with E-state index in [1.54, 1.807) is 51.1 Å². The van der Waals surface area contributed by atoms with Crippen molar-refractivity contribution in [3.8, 4) is 11.1 Å². The molecule has 0 heterocycles. The molecule has 4 aromatic carbocycles. The minimum Gasteiger partial charge on any atom is -0.459 e. The lowest BCUT2D eigenvalue weighted by Crippen LogP contribution is -2.44. The fraction of sp³-hybridized carbons (Fsp3) is 0.333. The number of esters is 1. The molecule has 286 valence electrons. The van der Waals surface area contributed by atoms with Crippen molar-refractivity contribution in [3.05, 3.63) is 132 Å². The number of carbonyl (C=O) groups is 4. The second kappa shape index (κ2) is 20.1. The highest BCUT2D eigenvalue weighted by molar-refractivity contribution is 8.13. The second-order valence-corrected chi connectivity index (χ2v) is 17.7. The molecule has 2 N–H and O–H groups in total. The summed E-state index contributed by atoms with van der Waals surface area (Å²) in [5, 5.41) is 5.42. The number of alkyl carbamates (subject to hydrolysis) is 1. The Morgan fingerprint density at radius 3 is 1.93 bits per heavy atom. The first-order valence-electron chi connectivity index (χ1n) is 17.8. The maximum Gasteiger partial charge on any atom is 0.408 e. The van der Waals surface area contributed by atoms with Crippen molar-refractivity contribution in [2.45, 2.75) is 65.1 Å². The summed E-state index contributed by atoms with van der Waals surface area (Å²) in [4.78, 5) is 52.3. The summed E-state index contributed by atoms with van der Waals surface area (Å²) in [5.74, 6) is -3.17. The van der Waals surface area contributed by atoms with Gasteiger partial charge in [0.05, 0.1) is 12.5 Å². The van der Waals surface area contributed by atoms with Gasteiger partial charge in [0.15, 0.2) is 5.12 Å². The lowest BCUT2D eigenvalue weighted by molar-refractivity contribution is -0.149. The molecule has 0 aliphatic heterocycles. The lowest BCUT2D eigenvalue weighted by Gasteiger charge is -2.32. The van der Waals surface area contributed by atoms with Crippen molar-refractivity contribution in [2.24, 2.45) is 5.92 Å². The van der Waals surface area contributed by atoms with Crippen LogP contribution in [0.5, 0.6) is 0 Å². The number of benzene rings is 4. The number of thioether (sulfide) groups is 1. The van der Waals surface area contributed by atoms with Crippen molar-refractivity contribution in [2.75, 3.05) is 18.5 Å². The van der Waals surface area contributed by atoms with Crippen LogP contribution in [0.3, 0.4) is 0 Å². The largest absolute Gasteiger partial charge is 0.459 e. The normalized spacial score (nSPS) is 14.1. The highest BCUT2D eigenvalue weighted by Gasteiger charge is 2.42. The third kappa shape index (κ3) is 13.6. The van der Waals surface area contributed by atoms with Crippen LogP contribution in [0.2, 0.25) is 0 Å². The highest BCUT2D eigenvalue weighted by atomic mass is 32.2. The summed E-state index contributed by atoms with van der Waals surface area (Å²) in [6.45, 7) is 8.05. The van der Waals surface area contributed by atoms with Gasteiger partial charge >= 0.3 is 12.1 Å². The van der Waals surface area contributed by atoms with Gasteiger partial charge in [-0.05, 0) is 61.9 Å². The quantitative estimate of drug-likeness (QED) is 0.0615. The molecule has 12 heteroatoms. The van der Waals surface area contributed by atoms with E-state index >= 15 is 4.57 Å².